The van der Waals surface area contributed by atoms with E-state index in [2.05, 4.69) is 19.3 Å². The van der Waals surface area contributed by atoms with E-state index in [1.807, 2.05) is 95.7 Å². The maximum Gasteiger partial charge on any atom is 0.261 e. The molecule has 3 rings (SSSR count). The Bertz CT molecular complexity index is 1040. The van der Waals surface area contributed by atoms with Crippen molar-refractivity contribution in [2.75, 3.05) is 6.66 Å². The smallest absolute Gasteiger partial charge is 0.261 e. The molecule has 174 valence electrons. The molecule has 5 nitrogen and oxygen atoms in total. The number of hydroxylamine groups is 1. The highest BCUT2D eigenvalue weighted by Crippen LogP contribution is 2.48. The van der Waals surface area contributed by atoms with Crippen molar-refractivity contribution in [3.8, 4) is 0 Å². The lowest BCUT2D eigenvalue weighted by atomic mass is 10.0. The Balaban J connectivity index is 1.88. The van der Waals surface area contributed by atoms with Gasteiger partial charge in [-0.05, 0) is 23.5 Å². The van der Waals surface area contributed by atoms with Crippen LogP contribution in [0.3, 0.4) is 0 Å². The van der Waals surface area contributed by atoms with E-state index < -0.39 is 13.3 Å². The molecule has 6 heteroatoms. The molecule has 1 N–H and O–H groups in total. The Morgan fingerprint density at radius 1 is 0.879 bits per heavy atom. The van der Waals surface area contributed by atoms with Crippen LogP contribution < -0.4 is 10.8 Å². The second kappa shape index (κ2) is 11.9. The van der Waals surface area contributed by atoms with Crippen molar-refractivity contribution in [3.63, 3.8) is 0 Å². The third-order valence-corrected chi connectivity index (χ3v) is 8.18. The van der Waals surface area contributed by atoms with Crippen LogP contribution >= 0.6 is 7.29 Å². The molecule has 0 fully saturated rings. The molecule has 0 spiro atoms. The summed E-state index contributed by atoms with van der Waals surface area (Å²) >= 11 is 0. The predicted octanol–water partition coefficient (Wildman–Crippen LogP) is 5.38. The van der Waals surface area contributed by atoms with Crippen LogP contribution in [0.4, 0.5) is 0 Å². The normalized spacial score (nSPS) is 14.1. The van der Waals surface area contributed by atoms with Crippen LogP contribution in [-0.4, -0.2) is 23.3 Å². The van der Waals surface area contributed by atoms with Crippen molar-refractivity contribution < 1.29 is 14.2 Å². The van der Waals surface area contributed by atoms with Gasteiger partial charge in [-0.2, -0.15) is 0 Å². The van der Waals surface area contributed by atoms with E-state index in [1.165, 1.54) is 0 Å². The average Bonchev–Trinajstić information content (AvgIpc) is 2.83. The van der Waals surface area contributed by atoms with Gasteiger partial charge in [0.15, 0.2) is 7.29 Å². The van der Waals surface area contributed by atoms with E-state index in [9.17, 15) is 9.36 Å². The SMILES string of the molecule is CC(C)C[C@H](C(=O)NOCc1ccccc1)N(Cc1ccccc1)P(C)(=O)c1ccccc1. The van der Waals surface area contributed by atoms with E-state index in [1.54, 1.807) is 6.66 Å². The summed E-state index contributed by atoms with van der Waals surface area (Å²) in [5.41, 5.74) is 4.59. The molecule has 0 radical (unpaired) electrons. The van der Waals surface area contributed by atoms with Crippen LogP contribution in [0.2, 0.25) is 0 Å². The van der Waals surface area contributed by atoms with Gasteiger partial charge in [-0.1, -0.05) is 105 Å². The standard InChI is InChI=1S/C27H33N2O3P/c1-22(2)19-26(27(30)28-32-21-24-15-9-5-10-16-24)29(20-23-13-7-4-8-14-23)33(3,31)25-17-11-6-12-18-25/h4-18,22,26H,19-21H2,1-3H3,(H,28,30)/t26-,33?/m1/s1. The number of hydrogen-bond donors (Lipinski definition) is 1. The molecule has 0 aliphatic carbocycles. The van der Waals surface area contributed by atoms with Gasteiger partial charge < -0.3 is 4.57 Å². The first-order chi connectivity index (χ1) is 15.9. The van der Waals surface area contributed by atoms with Gasteiger partial charge in [0, 0.05) is 18.5 Å². The first-order valence-corrected chi connectivity index (χ1v) is 13.4. The molecule has 0 heterocycles. The molecule has 0 saturated heterocycles. The highest BCUT2D eigenvalue weighted by Gasteiger charge is 2.37. The Kier molecular flexibility index (Phi) is 9.02. The largest absolute Gasteiger partial charge is 0.302 e. The average molecular weight is 465 g/mol. The summed E-state index contributed by atoms with van der Waals surface area (Å²) in [5, 5.41) is 0.729. The number of amides is 1. The van der Waals surface area contributed by atoms with Gasteiger partial charge in [-0.15, -0.1) is 0 Å². The molecule has 3 aromatic rings. The van der Waals surface area contributed by atoms with Gasteiger partial charge in [0.2, 0.25) is 0 Å². The zero-order chi connectivity index (χ0) is 23.7. The van der Waals surface area contributed by atoms with Crippen LogP contribution in [0.1, 0.15) is 31.4 Å². The maximum atomic E-state index is 14.2. The highest BCUT2D eigenvalue weighted by molar-refractivity contribution is 7.68. The van der Waals surface area contributed by atoms with Crippen molar-refractivity contribution in [2.45, 2.75) is 39.5 Å². The Morgan fingerprint density at radius 2 is 1.39 bits per heavy atom. The summed E-state index contributed by atoms with van der Waals surface area (Å²) in [6.45, 7) is 6.54. The van der Waals surface area contributed by atoms with Crippen molar-refractivity contribution in [1.29, 1.82) is 0 Å². The fourth-order valence-corrected chi connectivity index (χ4v) is 5.96. The number of carbonyl (C=O) groups excluding carboxylic acids is 1. The van der Waals surface area contributed by atoms with Crippen LogP contribution in [0.15, 0.2) is 91.0 Å². The van der Waals surface area contributed by atoms with Gasteiger partial charge >= 0.3 is 0 Å². The second-order valence-electron chi connectivity index (χ2n) is 8.68. The van der Waals surface area contributed by atoms with Crippen LogP contribution in [0, 0.1) is 5.92 Å². The van der Waals surface area contributed by atoms with Crippen molar-refractivity contribution in [3.05, 3.63) is 102 Å². The number of nitrogens with zero attached hydrogens (tertiary/aromatic N) is 1. The minimum absolute atomic E-state index is 0.226. The van der Waals surface area contributed by atoms with E-state index in [-0.39, 0.29) is 18.4 Å². The quantitative estimate of drug-likeness (QED) is 0.306. The summed E-state index contributed by atoms with van der Waals surface area (Å²) in [6.07, 6.45) is 0.554. The lowest BCUT2D eigenvalue weighted by molar-refractivity contribution is -0.139. The highest BCUT2D eigenvalue weighted by atomic mass is 31.2. The van der Waals surface area contributed by atoms with E-state index in [4.69, 9.17) is 4.84 Å². The molecule has 3 aromatic carbocycles. The zero-order valence-electron chi connectivity index (χ0n) is 19.6. The van der Waals surface area contributed by atoms with Gasteiger partial charge in [-0.25, -0.2) is 10.2 Å². The van der Waals surface area contributed by atoms with Crippen LogP contribution in [-0.2, 0) is 27.3 Å². The molecule has 0 bridgehead atoms. The first kappa shape index (κ1) is 24.9. The molecule has 33 heavy (non-hydrogen) atoms. The molecule has 2 atom stereocenters. The fourth-order valence-electron chi connectivity index (χ4n) is 3.78. The molecule has 0 aliphatic rings. The molecule has 0 saturated carbocycles. The maximum absolute atomic E-state index is 14.2. The van der Waals surface area contributed by atoms with Crippen molar-refractivity contribution >= 4 is 18.5 Å². The Hall–Kier alpha value is -2.72. The third kappa shape index (κ3) is 7.13. The van der Waals surface area contributed by atoms with Gasteiger partial charge in [0.1, 0.15) is 0 Å². The summed E-state index contributed by atoms with van der Waals surface area (Å²) < 4.78 is 16.1. The van der Waals surface area contributed by atoms with E-state index >= 15 is 0 Å². The summed E-state index contributed by atoms with van der Waals surface area (Å²) in [6, 6.07) is 28.3. The number of benzene rings is 3. The molecule has 0 aliphatic heterocycles. The van der Waals surface area contributed by atoms with E-state index in [0.29, 0.717) is 13.0 Å². The fraction of sp³-hybridized carbons (Fsp3) is 0.296. The lowest BCUT2D eigenvalue weighted by Crippen LogP contribution is -2.47. The van der Waals surface area contributed by atoms with E-state index in [0.717, 1.165) is 16.4 Å². The zero-order valence-corrected chi connectivity index (χ0v) is 20.4. The number of hydrogen-bond acceptors (Lipinski definition) is 3. The van der Waals surface area contributed by atoms with Gasteiger partial charge in [-0.3, -0.25) is 9.63 Å². The molecular formula is C27H33N2O3P. The molecular weight excluding hydrogens is 431 g/mol. The monoisotopic (exact) mass is 464 g/mol. The summed E-state index contributed by atoms with van der Waals surface area (Å²) in [5.74, 6) is -0.0579. The van der Waals surface area contributed by atoms with Crippen molar-refractivity contribution in [1.82, 2.24) is 10.2 Å². The number of nitrogens with one attached hydrogen (secondary N) is 1. The Labute approximate surface area is 197 Å². The Morgan fingerprint density at radius 3 is 1.94 bits per heavy atom. The predicted molar refractivity (Wildman–Crippen MR) is 134 cm³/mol. The lowest BCUT2D eigenvalue weighted by Gasteiger charge is -2.36. The second-order valence-corrected chi connectivity index (χ2v) is 11.5. The van der Waals surface area contributed by atoms with Gasteiger partial charge in [0.25, 0.3) is 5.91 Å². The van der Waals surface area contributed by atoms with Crippen LogP contribution in [0.5, 0.6) is 0 Å². The minimum atomic E-state index is -3.06. The summed E-state index contributed by atoms with van der Waals surface area (Å²) in [4.78, 5) is 18.9. The summed E-state index contributed by atoms with van der Waals surface area (Å²) in [7, 11) is -3.06. The van der Waals surface area contributed by atoms with Gasteiger partial charge in [0.05, 0.1) is 12.6 Å². The molecule has 0 aromatic heterocycles. The topological polar surface area (TPSA) is 58.6 Å². The minimum Gasteiger partial charge on any atom is -0.302 e. The molecule has 1 unspecified atom stereocenters. The van der Waals surface area contributed by atoms with Crippen molar-refractivity contribution in [2.24, 2.45) is 5.92 Å². The number of carbonyl (C=O) groups is 1. The third-order valence-electron chi connectivity index (χ3n) is 5.52. The van der Waals surface area contributed by atoms with Crippen LogP contribution in [0.25, 0.3) is 0 Å². The first-order valence-electron chi connectivity index (χ1n) is 11.3. The molecule has 1 amide bonds. The number of rotatable bonds is 11.